The van der Waals surface area contributed by atoms with Crippen LogP contribution in [0.1, 0.15) is 30.5 Å². The summed E-state index contributed by atoms with van der Waals surface area (Å²) in [6, 6.07) is 22.1. The Morgan fingerprint density at radius 2 is 1.76 bits per heavy atom. The molecule has 10 heteroatoms. The topological polar surface area (TPSA) is 129 Å². The van der Waals surface area contributed by atoms with Crippen molar-refractivity contribution < 1.29 is 14.5 Å². The number of amides is 3. The predicted octanol–water partition coefficient (Wildman–Crippen LogP) is 4.48. The monoisotopic (exact) mass is 496 g/mol. The molecule has 2 heterocycles. The van der Waals surface area contributed by atoms with Gasteiger partial charge in [-0.25, -0.2) is 4.79 Å². The van der Waals surface area contributed by atoms with Crippen molar-refractivity contribution in [3.63, 3.8) is 0 Å². The Morgan fingerprint density at radius 3 is 2.43 bits per heavy atom. The van der Waals surface area contributed by atoms with Crippen LogP contribution < -0.4 is 21.0 Å². The van der Waals surface area contributed by atoms with Gasteiger partial charge in [0.1, 0.15) is 0 Å². The van der Waals surface area contributed by atoms with Crippen LogP contribution in [0.25, 0.3) is 0 Å². The number of hydrogen-bond acceptors (Lipinski definition) is 6. The molecule has 0 saturated carbocycles. The second-order valence-corrected chi connectivity index (χ2v) is 8.71. The van der Waals surface area contributed by atoms with Gasteiger partial charge in [0.15, 0.2) is 0 Å². The minimum atomic E-state index is -0.678. The van der Waals surface area contributed by atoms with Crippen LogP contribution in [0.5, 0.6) is 0 Å². The van der Waals surface area contributed by atoms with Crippen LogP contribution in [0.4, 0.5) is 21.9 Å². The molecular formula is C27H24N6O4. The van der Waals surface area contributed by atoms with Crippen LogP contribution in [0.3, 0.4) is 0 Å². The van der Waals surface area contributed by atoms with Crippen LogP contribution in [0, 0.1) is 10.1 Å². The van der Waals surface area contributed by atoms with E-state index in [1.54, 1.807) is 6.92 Å². The van der Waals surface area contributed by atoms with E-state index in [2.05, 4.69) is 16.0 Å². The first-order valence-corrected chi connectivity index (χ1v) is 11.7. The molecular weight excluding hydrogens is 472 g/mol. The number of nitrogens with one attached hydrogen (secondary N) is 3. The van der Waals surface area contributed by atoms with E-state index in [-0.39, 0.29) is 5.69 Å². The first kappa shape index (κ1) is 23.7. The maximum atomic E-state index is 13.2. The van der Waals surface area contributed by atoms with E-state index in [9.17, 15) is 19.7 Å². The van der Waals surface area contributed by atoms with Crippen LogP contribution in [0.15, 0.2) is 95.2 Å². The van der Waals surface area contributed by atoms with E-state index >= 15 is 0 Å². The number of urea groups is 1. The van der Waals surface area contributed by atoms with Crippen LogP contribution in [0.2, 0.25) is 0 Å². The number of non-ortho nitro benzene ring substituents is 1. The summed E-state index contributed by atoms with van der Waals surface area (Å²) >= 11 is 0. The Hall–Kier alpha value is -4.99. The van der Waals surface area contributed by atoms with Crippen molar-refractivity contribution in [1.29, 1.82) is 0 Å². The zero-order valence-corrected chi connectivity index (χ0v) is 20.0. The van der Waals surface area contributed by atoms with E-state index < -0.39 is 22.9 Å². The van der Waals surface area contributed by atoms with E-state index in [0.717, 1.165) is 35.5 Å². The number of hydrazone groups is 1. The van der Waals surface area contributed by atoms with Crippen molar-refractivity contribution in [3.8, 4) is 0 Å². The van der Waals surface area contributed by atoms with Crippen molar-refractivity contribution in [3.05, 3.63) is 111 Å². The van der Waals surface area contributed by atoms with Crippen molar-refractivity contribution in [2.45, 2.75) is 19.4 Å². The van der Waals surface area contributed by atoms with Gasteiger partial charge in [0, 0.05) is 36.5 Å². The van der Waals surface area contributed by atoms with Gasteiger partial charge in [0.25, 0.3) is 11.6 Å². The predicted molar refractivity (Wildman–Crippen MR) is 140 cm³/mol. The summed E-state index contributed by atoms with van der Waals surface area (Å²) in [5.74, 6) is -0.426. The molecule has 2 aliphatic rings. The molecule has 37 heavy (non-hydrogen) atoms. The van der Waals surface area contributed by atoms with E-state index in [1.165, 1.54) is 24.3 Å². The van der Waals surface area contributed by atoms with E-state index in [0.29, 0.717) is 17.0 Å². The number of rotatable bonds is 6. The molecule has 0 saturated heterocycles. The average Bonchev–Trinajstić information content (AvgIpc) is 3.39. The highest BCUT2D eigenvalue weighted by molar-refractivity contribution is 6.07. The Bertz CT molecular complexity index is 1420. The van der Waals surface area contributed by atoms with Gasteiger partial charge < -0.3 is 16.0 Å². The number of carbonyl (C=O) groups excluding carboxylic acids is 2. The summed E-state index contributed by atoms with van der Waals surface area (Å²) in [7, 11) is 0. The molecule has 2 aliphatic heterocycles. The number of nitrogens with zero attached hydrogens (tertiary/aromatic N) is 3. The maximum absolute atomic E-state index is 13.2. The van der Waals surface area contributed by atoms with Crippen molar-refractivity contribution in [2.24, 2.45) is 5.10 Å². The Balaban J connectivity index is 1.36. The van der Waals surface area contributed by atoms with Crippen molar-refractivity contribution >= 4 is 34.7 Å². The second kappa shape index (κ2) is 9.94. The standard InChI is InChI=1S/C27H24N6O4/c1-17-24(26(34)29-20-9-13-22(14-10-20)33(36)37)25(30-27(35)28-17)19-7-11-21(12-8-19)32-16-15-23(31-32)18-5-3-2-4-6-18/h2-14,25H,15-16H2,1H3,(H,29,34)(H2,28,30,35)/t25-/m0/s1. The third-order valence-corrected chi connectivity index (χ3v) is 6.28. The molecule has 0 aromatic heterocycles. The number of benzene rings is 3. The minimum Gasteiger partial charge on any atom is -0.327 e. The molecule has 0 unspecified atom stereocenters. The molecule has 0 aliphatic carbocycles. The van der Waals surface area contributed by atoms with E-state index in [1.807, 2.05) is 59.6 Å². The summed E-state index contributed by atoms with van der Waals surface area (Å²) < 4.78 is 0. The van der Waals surface area contributed by atoms with Gasteiger partial charge in [-0.15, -0.1) is 0 Å². The third-order valence-electron chi connectivity index (χ3n) is 6.28. The summed E-state index contributed by atoms with van der Waals surface area (Å²) in [6.45, 7) is 2.42. The molecule has 0 fully saturated rings. The Kier molecular flexibility index (Phi) is 6.38. The fraction of sp³-hybridized carbons (Fsp3) is 0.148. The van der Waals surface area contributed by atoms with Crippen LogP contribution in [-0.4, -0.2) is 29.1 Å². The first-order valence-electron chi connectivity index (χ1n) is 11.7. The number of hydrogen-bond donors (Lipinski definition) is 3. The summed E-state index contributed by atoms with van der Waals surface area (Å²) in [5.41, 5.74) is 4.87. The molecule has 0 radical (unpaired) electrons. The molecule has 0 spiro atoms. The average molecular weight is 497 g/mol. The molecule has 1 atom stereocenters. The summed E-state index contributed by atoms with van der Waals surface area (Å²) in [6.07, 6.45) is 0.838. The number of nitro groups is 1. The Morgan fingerprint density at radius 1 is 1.05 bits per heavy atom. The lowest BCUT2D eigenvalue weighted by Gasteiger charge is -2.29. The molecule has 5 rings (SSSR count). The van der Waals surface area contributed by atoms with Gasteiger partial charge >= 0.3 is 6.03 Å². The normalized spacial score (nSPS) is 17.1. The summed E-state index contributed by atoms with van der Waals surface area (Å²) in [4.78, 5) is 35.9. The van der Waals surface area contributed by atoms with Gasteiger partial charge in [0.05, 0.1) is 27.9 Å². The Labute approximate surface area is 212 Å². The zero-order valence-electron chi connectivity index (χ0n) is 20.0. The highest BCUT2D eigenvalue weighted by Crippen LogP contribution is 2.30. The van der Waals surface area contributed by atoms with Crippen LogP contribution in [-0.2, 0) is 4.79 Å². The number of anilines is 2. The molecule has 186 valence electrons. The van der Waals surface area contributed by atoms with Gasteiger partial charge in [-0.2, -0.15) is 5.10 Å². The highest BCUT2D eigenvalue weighted by atomic mass is 16.6. The number of carbonyl (C=O) groups is 2. The quantitative estimate of drug-likeness (QED) is 0.342. The van der Waals surface area contributed by atoms with Gasteiger partial charge in [-0.3, -0.25) is 19.9 Å². The maximum Gasteiger partial charge on any atom is 0.319 e. The van der Waals surface area contributed by atoms with Crippen LogP contribution >= 0.6 is 0 Å². The number of allylic oxidation sites excluding steroid dienone is 1. The van der Waals surface area contributed by atoms with Crippen molar-refractivity contribution in [1.82, 2.24) is 10.6 Å². The minimum absolute atomic E-state index is 0.0730. The zero-order chi connectivity index (χ0) is 25.9. The summed E-state index contributed by atoms with van der Waals surface area (Å²) in [5, 5.41) is 25.8. The lowest BCUT2D eigenvalue weighted by atomic mass is 9.94. The van der Waals surface area contributed by atoms with Gasteiger partial charge in [-0.05, 0) is 42.3 Å². The SMILES string of the molecule is CC1=C(C(=O)Nc2ccc([N+](=O)[O-])cc2)[C@H](c2ccc(N3CCC(c4ccccc4)=N3)cc2)NC(=O)N1. The lowest BCUT2D eigenvalue weighted by molar-refractivity contribution is -0.384. The fourth-order valence-electron chi connectivity index (χ4n) is 4.43. The van der Waals surface area contributed by atoms with Gasteiger partial charge in [0.2, 0.25) is 0 Å². The van der Waals surface area contributed by atoms with Gasteiger partial charge in [-0.1, -0.05) is 42.5 Å². The molecule has 3 N–H and O–H groups in total. The fourth-order valence-corrected chi connectivity index (χ4v) is 4.43. The third kappa shape index (κ3) is 5.03. The smallest absolute Gasteiger partial charge is 0.319 e. The number of nitro benzene ring substituents is 1. The second-order valence-electron chi connectivity index (χ2n) is 8.71. The molecule has 10 nitrogen and oxygen atoms in total. The molecule has 3 aromatic rings. The van der Waals surface area contributed by atoms with Crippen molar-refractivity contribution in [2.75, 3.05) is 16.9 Å². The highest BCUT2D eigenvalue weighted by Gasteiger charge is 2.31. The molecule has 3 aromatic carbocycles. The molecule has 3 amide bonds. The first-order chi connectivity index (χ1) is 17.9. The molecule has 0 bridgehead atoms. The largest absolute Gasteiger partial charge is 0.327 e. The lowest BCUT2D eigenvalue weighted by Crippen LogP contribution is -2.45. The van der Waals surface area contributed by atoms with E-state index in [4.69, 9.17) is 5.10 Å².